The Labute approximate surface area is 173 Å². The van der Waals surface area contributed by atoms with Crippen LogP contribution in [-0.2, 0) is 14.8 Å². The van der Waals surface area contributed by atoms with Gasteiger partial charge in [0.2, 0.25) is 15.9 Å². The molecule has 29 heavy (non-hydrogen) atoms. The number of amides is 2. The molecule has 7 nitrogen and oxygen atoms in total. The molecule has 1 aromatic carbocycles. The van der Waals surface area contributed by atoms with Crippen molar-refractivity contribution in [2.75, 3.05) is 19.6 Å². The highest BCUT2D eigenvalue weighted by Crippen LogP contribution is 2.35. The zero-order chi connectivity index (χ0) is 21.0. The van der Waals surface area contributed by atoms with E-state index in [-0.39, 0.29) is 29.3 Å². The van der Waals surface area contributed by atoms with Crippen LogP contribution in [0.5, 0.6) is 0 Å². The van der Waals surface area contributed by atoms with E-state index >= 15 is 0 Å². The Balaban J connectivity index is 1.52. The second-order valence-electron chi connectivity index (χ2n) is 8.42. The van der Waals surface area contributed by atoms with Gasteiger partial charge in [-0.2, -0.15) is 0 Å². The number of likely N-dealkylation sites (tertiary alicyclic amines) is 1. The predicted octanol–water partition coefficient (Wildman–Crippen LogP) is 2.14. The second kappa shape index (κ2) is 9.26. The fourth-order valence-electron chi connectivity index (χ4n) is 4.36. The molecule has 3 rings (SSSR count). The Morgan fingerprint density at radius 1 is 1.07 bits per heavy atom. The fourth-order valence-corrected chi connectivity index (χ4v) is 5.61. The van der Waals surface area contributed by atoms with E-state index in [1.54, 1.807) is 13.8 Å². The molecule has 0 unspecified atom stereocenters. The minimum atomic E-state index is -3.59. The quantitative estimate of drug-likeness (QED) is 0.736. The predicted molar refractivity (Wildman–Crippen MR) is 111 cm³/mol. The van der Waals surface area contributed by atoms with E-state index in [1.165, 1.54) is 49.9 Å². The zero-order valence-electron chi connectivity index (χ0n) is 17.2. The Kier molecular flexibility index (Phi) is 6.95. The summed E-state index contributed by atoms with van der Waals surface area (Å²) in [6, 6.07) is 5.50. The molecule has 1 aliphatic heterocycles. The van der Waals surface area contributed by atoms with E-state index in [2.05, 4.69) is 10.0 Å². The normalized spacial score (nSPS) is 22.2. The summed E-state index contributed by atoms with van der Waals surface area (Å²) in [6.45, 7) is 5.02. The molecule has 160 valence electrons. The van der Waals surface area contributed by atoms with Gasteiger partial charge in [0, 0.05) is 24.7 Å². The summed E-state index contributed by atoms with van der Waals surface area (Å²) < 4.78 is 26.8. The molecule has 1 aliphatic carbocycles. The molecule has 1 heterocycles. The third-order valence-corrected chi connectivity index (χ3v) is 7.54. The summed E-state index contributed by atoms with van der Waals surface area (Å²) in [7, 11) is -3.59. The SMILES string of the molecule is CC(C)NS(=O)(=O)c1ccc(C(=O)NCC(=O)N2CC[C@H]3CCCC[C@@H]3C2)cc1. The number of carbonyl (C=O) groups is 2. The maximum Gasteiger partial charge on any atom is 0.251 e. The number of carbonyl (C=O) groups excluding carboxylic acids is 2. The van der Waals surface area contributed by atoms with Crippen LogP contribution >= 0.6 is 0 Å². The van der Waals surface area contributed by atoms with Crippen LogP contribution in [0.3, 0.4) is 0 Å². The van der Waals surface area contributed by atoms with Crippen LogP contribution in [0.15, 0.2) is 29.2 Å². The van der Waals surface area contributed by atoms with E-state index in [4.69, 9.17) is 0 Å². The van der Waals surface area contributed by atoms with Crippen molar-refractivity contribution in [2.45, 2.75) is 56.9 Å². The molecule has 0 spiro atoms. The molecule has 0 radical (unpaired) electrons. The molecular weight excluding hydrogens is 390 g/mol. The molecular formula is C21H31N3O4S. The van der Waals surface area contributed by atoms with Crippen molar-refractivity contribution in [2.24, 2.45) is 11.8 Å². The fraction of sp³-hybridized carbons (Fsp3) is 0.619. The second-order valence-corrected chi connectivity index (χ2v) is 10.1. The van der Waals surface area contributed by atoms with Gasteiger partial charge in [-0.1, -0.05) is 19.3 Å². The summed E-state index contributed by atoms with van der Waals surface area (Å²) >= 11 is 0. The van der Waals surface area contributed by atoms with Gasteiger partial charge >= 0.3 is 0 Å². The van der Waals surface area contributed by atoms with Crippen LogP contribution in [0.2, 0.25) is 0 Å². The van der Waals surface area contributed by atoms with Crippen LogP contribution in [0, 0.1) is 11.8 Å². The van der Waals surface area contributed by atoms with Crippen molar-refractivity contribution >= 4 is 21.8 Å². The maximum absolute atomic E-state index is 12.5. The number of nitrogens with one attached hydrogen (secondary N) is 2. The largest absolute Gasteiger partial charge is 0.343 e. The van der Waals surface area contributed by atoms with Crippen molar-refractivity contribution in [1.82, 2.24) is 14.9 Å². The van der Waals surface area contributed by atoms with Crippen molar-refractivity contribution in [3.8, 4) is 0 Å². The van der Waals surface area contributed by atoms with Gasteiger partial charge in [-0.05, 0) is 62.8 Å². The number of hydrogen-bond donors (Lipinski definition) is 2. The van der Waals surface area contributed by atoms with E-state index in [1.807, 2.05) is 4.90 Å². The highest BCUT2D eigenvalue weighted by molar-refractivity contribution is 7.89. The number of sulfonamides is 1. The van der Waals surface area contributed by atoms with Gasteiger partial charge in [0.15, 0.2) is 0 Å². The average Bonchev–Trinajstić information content (AvgIpc) is 2.70. The van der Waals surface area contributed by atoms with Gasteiger partial charge in [-0.15, -0.1) is 0 Å². The van der Waals surface area contributed by atoms with E-state index in [0.29, 0.717) is 11.5 Å². The monoisotopic (exact) mass is 421 g/mol. The highest BCUT2D eigenvalue weighted by Gasteiger charge is 2.32. The van der Waals surface area contributed by atoms with E-state index in [0.717, 1.165) is 25.4 Å². The van der Waals surface area contributed by atoms with E-state index < -0.39 is 10.0 Å². The Morgan fingerprint density at radius 2 is 1.72 bits per heavy atom. The lowest BCUT2D eigenvalue weighted by Crippen LogP contribution is -2.48. The summed E-state index contributed by atoms with van der Waals surface area (Å²) in [5, 5.41) is 2.66. The average molecular weight is 422 g/mol. The smallest absolute Gasteiger partial charge is 0.251 e. The standard InChI is InChI=1S/C21H31N3O4S/c1-15(2)23-29(27,28)19-9-7-17(8-10-19)21(26)22-13-20(25)24-12-11-16-5-3-4-6-18(16)14-24/h7-10,15-16,18,23H,3-6,11-14H2,1-2H3,(H,22,26)/t16-,18-/m1/s1. The number of benzene rings is 1. The van der Waals surface area contributed by atoms with Crippen molar-refractivity contribution in [3.63, 3.8) is 0 Å². The molecule has 2 aliphatic rings. The van der Waals surface area contributed by atoms with Crippen LogP contribution < -0.4 is 10.0 Å². The van der Waals surface area contributed by atoms with Crippen molar-refractivity contribution in [3.05, 3.63) is 29.8 Å². The topological polar surface area (TPSA) is 95.6 Å². The van der Waals surface area contributed by atoms with Gasteiger partial charge in [0.05, 0.1) is 11.4 Å². The first-order chi connectivity index (χ1) is 13.8. The first-order valence-electron chi connectivity index (χ1n) is 10.4. The molecule has 1 aromatic rings. The van der Waals surface area contributed by atoms with Crippen molar-refractivity contribution in [1.29, 1.82) is 0 Å². The number of fused-ring (bicyclic) bond motifs is 1. The van der Waals surface area contributed by atoms with Crippen molar-refractivity contribution < 1.29 is 18.0 Å². The molecule has 0 bridgehead atoms. The Hall–Kier alpha value is -1.93. The van der Waals surface area contributed by atoms with Crippen LogP contribution in [-0.4, -0.2) is 50.8 Å². The summed E-state index contributed by atoms with van der Waals surface area (Å²) in [4.78, 5) is 26.9. The highest BCUT2D eigenvalue weighted by atomic mass is 32.2. The lowest BCUT2D eigenvalue weighted by Gasteiger charge is -2.41. The molecule has 2 fully saturated rings. The molecule has 8 heteroatoms. The molecule has 2 amide bonds. The Morgan fingerprint density at radius 3 is 2.38 bits per heavy atom. The first kappa shape index (κ1) is 21.8. The third-order valence-electron chi connectivity index (χ3n) is 5.86. The Bertz CT molecular complexity index is 836. The first-order valence-corrected chi connectivity index (χ1v) is 11.9. The van der Waals surface area contributed by atoms with Gasteiger partial charge in [0.1, 0.15) is 0 Å². The van der Waals surface area contributed by atoms with Gasteiger partial charge in [-0.25, -0.2) is 13.1 Å². The molecule has 2 atom stereocenters. The minimum Gasteiger partial charge on any atom is -0.343 e. The van der Waals surface area contributed by atoms with Crippen LogP contribution in [0.1, 0.15) is 56.3 Å². The molecule has 2 N–H and O–H groups in total. The van der Waals surface area contributed by atoms with Crippen LogP contribution in [0.4, 0.5) is 0 Å². The van der Waals surface area contributed by atoms with Crippen LogP contribution in [0.25, 0.3) is 0 Å². The minimum absolute atomic E-state index is 0.0365. The molecule has 0 aromatic heterocycles. The molecule has 1 saturated heterocycles. The van der Waals surface area contributed by atoms with E-state index in [9.17, 15) is 18.0 Å². The third kappa shape index (κ3) is 5.57. The molecule has 1 saturated carbocycles. The number of piperidine rings is 1. The number of nitrogens with zero attached hydrogens (tertiary/aromatic N) is 1. The summed E-state index contributed by atoms with van der Waals surface area (Å²) in [5.74, 6) is 0.919. The lowest BCUT2D eigenvalue weighted by atomic mass is 9.75. The van der Waals surface area contributed by atoms with Gasteiger partial charge in [-0.3, -0.25) is 9.59 Å². The summed E-state index contributed by atoms with van der Waals surface area (Å²) in [6.07, 6.45) is 6.09. The zero-order valence-corrected chi connectivity index (χ0v) is 18.0. The number of hydrogen-bond acceptors (Lipinski definition) is 4. The lowest BCUT2D eigenvalue weighted by molar-refractivity contribution is -0.133. The maximum atomic E-state index is 12.5. The number of rotatable bonds is 6. The van der Waals surface area contributed by atoms with Gasteiger partial charge in [0.25, 0.3) is 5.91 Å². The van der Waals surface area contributed by atoms with Gasteiger partial charge < -0.3 is 10.2 Å². The summed E-state index contributed by atoms with van der Waals surface area (Å²) in [5.41, 5.74) is 0.326.